The van der Waals surface area contributed by atoms with Crippen molar-refractivity contribution in [1.82, 2.24) is 20.1 Å². The second-order valence-corrected chi connectivity index (χ2v) is 17.5. The first kappa shape index (κ1) is 44.1. The number of aromatic hydroxyl groups is 1. The first-order valence-corrected chi connectivity index (χ1v) is 22.8. The minimum Gasteiger partial charge on any atom is -0.506 e. The van der Waals surface area contributed by atoms with Crippen LogP contribution in [-0.2, 0) is 27.1 Å². The summed E-state index contributed by atoms with van der Waals surface area (Å²) in [7, 11) is 0. The van der Waals surface area contributed by atoms with E-state index in [-0.39, 0.29) is 42.0 Å². The van der Waals surface area contributed by atoms with Gasteiger partial charge in [0, 0.05) is 62.3 Å². The summed E-state index contributed by atoms with van der Waals surface area (Å²) in [6, 6.07) is 33.1. The van der Waals surface area contributed by atoms with Crippen LogP contribution in [0.15, 0.2) is 108 Å². The Balaban J connectivity index is 0.702. The molecule has 12 heteroatoms. The van der Waals surface area contributed by atoms with Crippen LogP contribution in [0.1, 0.15) is 67.7 Å². The number of rotatable bonds is 19. The van der Waals surface area contributed by atoms with Crippen molar-refractivity contribution in [1.29, 1.82) is 0 Å². The maximum atomic E-state index is 13.4. The molecule has 332 valence electrons. The van der Waals surface area contributed by atoms with Gasteiger partial charge in [0.15, 0.2) is 0 Å². The molecule has 2 heterocycles. The van der Waals surface area contributed by atoms with Crippen LogP contribution < -0.4 is 16.2 Å². The standard InChI is InChI=1S/C51H61N5O7/c57-46-20-18-43(44-19-21-48(59)54-50(44)46)47(58)32-52-25-27-56(40-10-4-5-11-40)49(60)24-29-62-28-23-36-16-14-35(15-17-36)22-26-55-33-38-30-41(31-39(38)34-55)63-51(61)53-45-13-7-6-12-42(45)37-8-2-1-3-9-37/h1-3,6-9,12-21,38-41,47,52,57-58H,4-5,10-11,22-34H2,(H,53,61)(H,54,59)/t38-,39?,41?,47?/m0/s1. The molecule has 4 atom stereocenters. The van der Waals surface area contributed by atoms with Crippen LogP contribution in [0.3, 0.4) is 0 Å². The number of nitrogens with one attached hydrogen (secondary N) is 3. The van der Waals surface area contributed by atoms with Gasteiger partial charge in [-0.05, 0) is 90.8 Å². The number of nitrogens with zero attached hydrogens (tertiary/aromatic N) is 2. The number of aromatic amines is 1. The summed E-state index contributed by atoms with van der Waals surface area (Å²) in [6.07, 6.45) is 6.91. The van der Waals surface area contributed by atoms with Gasteiger partial charge in [-0.15, -0.1) is 0 Å². The summed E-state index contributed by atoms with van der Waals surface area (Å²) in [5, 5.41) is 28.0. The van der Waals surface area contributed by atoms with Crippen LogP contribution in [0.4, 0.5) is 10.5 Å². The average Bonchev–Trinajstić information content (AvgIpc) is 4.05. The molecule has 0 radical (unpaired) electrons. The van der Waals surface area contributed by atoms with Crippen LogP contribution in [-0.4, -0.2) is 102 Å². The number of aromatic nitrogens is 1. The van der Waals surface area contributed by atoms with Gasteiger partial charge in [-0.3, -0.25) is 14.9 Å². The zero-order chi connectivity index (χ0) is 43.5. The number of pyridine rings is 1. The fourth-order valence-corrected chi connectivity index (χ4v) is 9.95. The van der Waals surface area contributed by atoms with Gasteiger partial charge in [0.05, 0.1) is 36.9 Å². The number of amides is 2. The third-order valence-electron chi connectivity index (χ3n) is 13.3. The number of aliphatic hydroxyl groups excluding tert-OH is 1. The van der Waals surface area contributed by atoms with E-state index in [1.54, 1.807) is 12.1 Å². The number of phenolic OH excluding ortho intramolecular Hbond substituents is 1. The molecule has 3 unspecified atom stereocenters. The molecule has 5 aromatic rings. The van der Waals surface area contributed by atoms with Crippen molar-refractivity contribution in [2.45, 2.75) is 76.0 Å². The predicted octanol–water partition coefficient (Wildman–Crippen LogP) is 7.45. The lowest BCUT2D eigenvalue weighted by Gasteiger charge is -2.29. The summed E-state index contributed by atoms with van der Waals surface area (Å²) in [6.45, 7) is 5.39. The van der Waals surface area contributed by atoms with Crippen molar-refractivity contribution in [2.24, 2.45) is 11.8 Å². The fourth-order valence-electron chi connectivity index (χ4n) is 9.95. The third kappa shape index (κ3) is 11.5. The second-order valence-electron chi connectivity index (χ2n) is 17.5. The molecule has 3 aliphatic rings. The molecule has 4 aromatic carbocycles. The molecule has 3 fully saturated rings. The smallest absolute Gasteiger partial charge is 0.411 e. The number of H-pyrrole nitrogens is 1. The molecule has 0 spiro atoms. The van der Waals surface area contributed by atoms with E-state index in [9.17, 15) is 24.6 Å². The van der Waals surface area contributed by atoms with Gasteiger partial charge >= 0.3 is 6.09 Å². The van der Waals surface area contributed by atoms with E-state index < -0.39 is 6.10 Å². The van der Waals surface area contributed by atoms with Crippen molar-refractivity contribution in [3.63, 3.8) is 0 Å². The number of phenols is 1. The monoisotopic (exact) mass is 855 g/mol. The molecular weight excluding hydrogens is 795 g/mol. The maximum absolute atomic E-state index is 13.4. The Morgan fingerprint density at radius 3 is 2.32 bits per heavy atom. The summed E-state index contributed by atoms with van der Waals surface area (Å²) in [5.74, 6) is 1.17. The van der Waals surface area contributed by atoms with Gasteiger partial charge in [0.1, 0.15) is 11.9 Å². The highest BCUT2D eigenvalue weighted by molar-refractivity contribution is 5.91. The Morgan fingerprint density at radius 2 is 1.56 bits per heavy atom. The molecule has 5 N–H and O–H groups in total. The van der Waals surface area contributed by atoms with Gasteiger partial charge in [0.25, 0.3) is 0 Å². The first-order chi connectivity index (χ1) is 30.8. The lowest BCUT2D eigenvalue weighted by Crippen LogP contribution is -2.43. The largest absolute Gasteiger partial charge is 0.506 e. The minimum atomic E-state index is -0.856. The number of carbonyl (C=O) groups excluding carboxylic acids is 2. The molecule has 8 rings (SSSR count). The Morgan fingerprint density at radius 1 is 0.841 bits per heavy atom. The molecule has 2 saturated carbocycles. The Bertz CT molecular complexity index is 2330. The number of anilines is 1. The topological polar surface area (TPSA) is 156 Å². The average molecular weight is 856 g/mol. The second kappa shape index (κ2) is 21.2. The van der Waals surface area contributed by atoms with E-state index in [0.717, 1.165) is 87.8 Å². The van der Waals surface area contributed by atoms with Gasteiger partial charge in [-0.2, -0.15) is 0 Å². The van der Waals surface area contributed by atoms with Crippen LogP contribution in [0, 0.1) is 11.8 Å². The SMILES string of the molecule is O=C(Nc1ccccc1-c1ccccc1)OC1CC2CN(CCc3ccc(CCOCCC(=O)N(CCNCC(O)c4ccc(O)c5[nH]c(=O)ccc45)C4CCCC4)cc3)C[C@@H]2C1. The molecule has 2 aliphatic carbocycles. The Kier molecular flexibility index (Phi) is 14.9. The van der Waals surface area contributed by atoms with Crippen molar-refractivity contribution in [3.8, 4) is 16.9 Å². The van der Waals surface area contributed by atoms with Gasteiger partial charge in [0.2, 0.25) is 11.5 Å². The Hall–Kier alpha value is -5.53. The number of hydrogen-bond acceptors (Lipinski definition) is 9. The number of aliphatic hydroxyl groups is 1. The molecular formula is C51H61N5O7. The van der Waals surface area contributed by atoms with Crippen LogP contribution in [0.25, 0.3) is 22.0 Å². The number of ether oxygens (including phenoxy) is 2. The highest BCUT2D eigenvalue weighted by Gasteiger charge is 2.42. The van der Waals surface area contributed by atoms with Crippen LogP contribution in [0.2, 0.25) is 0 Å². The first-order valence-electron chi connectivity index (χ1n) is 22.8. The van der Waals surface area contributed by atoms with E-state index in [1.165, 1.54) is 23.3 Å². The van der Waals surface area contributed by atoms with E-state index in [2.05, 4.69) is 44.8 Å². The van der Waals surface area contributed by atoms with Gasteiger partial charge in [-0.1, -0.05) is 91.7 Å². The number of para-hydroxylation sites is 1. The molecule has 63 heavy (non-hydrogen) atoms. The summed E-state index contributed by atoms with van der Waals surface area (Å²) in [4.78, 5) is 45.3. The highest BCUT2D eigenvalue weighted by atomic mass is 16.6. The summed E-state index contributed by atoms with van der Waals surface area (Å²) < 4.78 is 11.9. The Labute approximate surface area is 369 Å². The molecule has 1 saturated heterocycles. The molecule has 12 nitrogen and oxygen atoms in total. The summed E-state index contributed by atoms with van der Waals surface area (Å²) >= 11 is 0. The van der Waals surface area contributed by atoms with E-state index in [4.69, 9.17) is 9.47 Å². The lowest BCUT2D eigenvalue weighted by molar-refractivity contribution is -0.134. The van der Waals surface area contributed by atoms with Crippen molar-refractivity contribution >= 4 is 28.6 Å². The van der Waals surface area contributed by atoms with Crippen LogP contribution in [0.5, 0.6) is 5.75 Å². The number of fused-ring (bicyclic) bond motifs is 2. The van der Waals surface area contributed by atoms with Gasteiger partial charge < -0.3 is 39.8 Å². The minimum absolute atomic E-state index is 0.0440. The summed E-state index contributed by atoms with van der Waals surface area (Å²) in [5.41, 5.74) is 5.91. The maximum Gasteiger partial charge on any atom is 0.411 e. The van der Waals surface area contributed by atoms with Crippen molar-refractivity contribution < 1.29 is 29.3 Å². The third-order valence-corrected chi connectivity index (χ3v) is 13.3. The number of carbonyl (C=O) groups is 2. The highest BCUT2D eigenvalue weighted by Crippen LogP contribution is 2.40. The van der Waals surface area contributed by atoms with Gasteiger partial charge in [-0.25, -0.2) is 4.79 Å². The van der Waals surface area contributed by atoms with E-state index >= 15 is 0 Å². The lowest BCUT2D eigenvalue weighted by atomic mass is 10.0. The normalized spacial score (nSPS) is 19.3. The molecule has 0 bridgehead atoms. The molecule has 1 aromatic heterocycles. The zero-order valence-corrected chi connectivity index (χ0v) is 36.1. The van der Waals surface area contributed by atoms with Crippen molar-refractivity contribution in [3.05, 3.63) is 130 Å². The number of hydrogen-bond donors (Lipinski definition) is 5. The number of likely N-dealkylation sites (tertiary alicyclic amines) is 1. The number of benzene rings is 4. The predicted molar refractivity (Wildman–Crippen MR) is 246 cm³/mol. The van der Waals surface area contributed by atoms with Crippen LogP contribution >= 0.6 is 0 Å². The van der Waals surface area contributed by atoms with E-state index in [1.807, 2.05) is 59.5 Å². The van der Waals surface area contributed by atoms with Crippen molar-refractivity contribution in [2.75, 3.05) is 57.8 Å². The molecule has 1 aliphatic heterocycles. The zero-order valence-electron chi connectivity index (χ0n) is 36.1. The molecule has 2 amide bonds. The fraction of sp³-hybridized carbons (Fsp3) is 0.431. The van der Waals surface area contributed by atoms with E-state index in [0.29, 0.717) is 61.0 Å². The quantitative estimate of drug-likeness (QED) is 0.0533.